The van der Waals surface area contributed by atoms with E-state index in [1.165, 1.54) is 5.56 Å². The molecule has 1 N–H and O–H groups in total. The first-order valence-corrected chi connectivity index (χ1v) is 6.40. The van der Waals surface area contributed by atoms with E-state index in [1.807, 2.05) is 6.07 Å². The Labute approximate surface area is 101 Å². The molecule has 0 saturated carbocycles. The van der Waals surface area contributed by atoms with Gasteiger partial charge in [-0.15, -0.1) is 0 Å². The number of aryl methyl sites for hydroxylation is 1. The van der Waals surface area contributed by atoms with Gasteiger partial charge in [0.25, 0.3) is 0 Å². The molecule has 1 aromatic carbocycles. The van der Waals surface area contributed by atoms with Crippen molar-refractivity contribution in [2.45, 2.75) is 44.4 Å². The van der Waals surface area contributed by atoms with Gasteiger partial charge in [0.2, 0.25) is 0 Å². The van der Waals surface area contributed by atoms with E-state index in [2.05, 4.69) is 12.2 Å². The van der Waals surface area contributed by atoms with Gasteiger partial charge in [-0.2, -0.15) is 0 Å². The number of halogens is 1. The lowest BCUT2D eigenvalue weighted by Gasteiger charge is -2.22. The minimum Gasteiger partial charge on any atom is -0.377 e. The van der Waals surface area contributed by atoms with E-state index in [0.29, 0.717) is 18.2 Å². The van der Waals surface area contributed by atoms with E-state index in [9.17, 15) is 4.39 Å². The van der Waals surface area contributed by atoms with E-state index in [1.54, 1.807) is 12.1 Å². The lowest BCUT2D eigenvalue weighted by atomic mass is 10.1. The first-order valence-electron chi connectivity index (χ1n) is 6.40. The summed E-state index contributed by atoms with van der Waals surface area (Å²) in [4.78, 5) is 0. The smallest absolute Gasteiger partial charge is 0.123 e. The van der Waals surface area contributed by atoms with Crippen LogP contribution >= 0.6 is 0 Å². The molecule has 0 amide bonds. The Kier molecular flexibility index (Phi) is 2.89. The SMILES string of the molecule is CC1OCCC1NC1CCc2cc(F)ccc21. The summed E-state index contributed by atoms with van der Waals surface area (Å²) in [5.74, 6) is -0.123. The Morgan fingerprint density at radius 1 is 1.35 bits per heavy atom. The van der Waals surface area contributed by atoms with Crippen LogP contribution in [0.3, 0.4) is 0 Å². The molecule has 17 heavy (non-hydrogen) atoms. The summed E-state index contributed by atoms with van der Waals surface area (Å²) in [5, 5.41) is 3.66. The Bertz CT molecular complexity index is 421. The zero-order valence-electron chi connectivity index (χ0n) is 10.1. The number of rotatable bonds is 2. The fourth-order valence-corrected chi connectivity index (χ4v) is 2.97. The molecular weight excluding hydrogens is 217 g/mol. The van der Waals surface area contributed by atoms with Gasteiger partial charge in [-0.3, -0.25) is 0 Å². The number of hydrogen-bond donors (Lipinski definition) is 1. The highest BCUT2D eigenvalue weighted by Crippen LogP contribution is 2.32. The summed E-state index contributed by atoms with van der Waals surface area (Å²) in [6.45, 7) is 2.97. The molecule has 1 fully saturated rings. The van der Waals surface area contributed by atoms with Gasteiger partial charge in [0.15, 0.2) is 0 Å². The molecule has 3 heteroatoms. The van der Waals surface area contributed by atoms with Gasteiger partial charge in [0.1, 0.15) is 5.82 Å². The first kappa shape index (κ1) is 11.2. The highest BCUT2D eigenvalue weighted by molar-refractivity contribution is 5.35. The van der Waals surface area contributed by atoms with Crippen LogP contribution in [0.25, 0.3) is 0 Å². The fourth-order valence-electron chi connectivity index (χ4n) is 2.97. The van der Waals surface area contributed by atoms with Crippen LogP contribution in [-0.2, 0) is 11.2 Å². The van der Waals surface area contributed by atoms with E-state index in [0.717, 1.165) is 31.4 Å². The van der Waals surface area contributed by atoms with Crippen LogP contribution in [0.2, 0.25) is 0 Å². The van der Waals surface area contributed by atoms with Crippen molar-refractivity contribution in [1.82, 2.24) is 5.32 Å². The van der Waals surface area contributed by atoms with Crippen LogP contribution < -0.4 is 5.32 Å². The summed E-state index contributed by atoms with van der Waals surface area (Å²) < 4.78 is 18.7. The molecular formula is C14H18FNO. The minimum atomic E-state index is -0.123. The average Bonchev–Trinajstić information content (AvgIpc) is 2.87. The quantitative estimate of drug-likeness (QED) is 0.850. The maximum absolute atomic E-state index is 13.1. The predicted molar refractivity (Wildman–Crippen MR) is 64.4 cm³/mol. The van der Waals surface area contributed by atoms with E-state index in [-0.39, 0.29) is 5.82 Å². The molecule has 1 aromatic rings. The molecule has 1 saturated heterocycles. The van der Waals surface area contributed by atoms with Crippen LogP contribution in [0.5, 0.6) is 0 Å². The van der Waals surface area contributed by atoms with Crippen LogP contribution in [0.15, 0.2) is 18.2 Å². The third kappa shape index (κ3) is 2.09. The number of benzene rings is 1. The molecule has 0 spiro atoms. The van der Waals surface area contributed by atoms with Gasteiger partial charge in [-0.05, 0) is 49.4 Å². The second-order valence-electron chi connectivity index (χ2n) is 5.07. The number of hydrogen-bond acceptors (Lipinski definition) is 2. The Morgan fingerprint density at radius 3 is 3.00 bits per heavy atom. The highest BCUT2D eigenvalue weighted by Gasteiger charge is 2.30. The second kappa shape index (κ2) is 4.39. The Hall–Kier alpha value is -0.930. The predicted octanol–water partition coefficient (Wildman–Crippen LogP) is 2.58. The monoisotopic (exact) mass is 235 g/mol. The lowest BCUT2D eigenvalue weighted by molar-refractivity contribution is 0.111. The van der Waals surface area contributed by atoms with E-state index >= 15 is 0 Å². The Balaban J connectivity index is 1.75. The fraction of sp³-hybridized carbons (Fsp3) is 0.571. The second-order valence-corrected chi connectivity index (χ2v) is 5.07. The van der Waals surface area contributed by atoms with Crippen molar-refractivity contribution in [3.8, 4) is 0 Å². The van der Waals surface area contributed by atoms with Crippen molar-refractivity contribution in [2.75, 3.05) is 6.61 Å². The maximum Gasteiger partial charge on any atom is 0.123 e. The minimum absolute atomic E-state index is 0.123. The van der Waals surface area contributed by atoms with Gasteiger partial charge in [0.05, 0.1) is 6.10 Å². The summed E-state index contributed by atoms with van der Waals surface area (Å²) >= 11 is 0. The molecule has 3 rings (SSSR count). The maximum atomic E-state index is 13.1. The summed E-state index contributed by atoms with van der Waals surface area (Å²) in [6, 6.07) is 5.98. The average molecular weight is 235 g/mol. The van der Waals surface area contributed by atoms with Crippen LogP contribution in [0, 0.1) is 5.82 Å². The molecule has 0 radical (unpaired) electrons. The topological polar surface area (TPSA) is 21.3 Å². The molecule has 2 nitrogen and oxygen atoms in total. The van der Waals surface area contributed by atoms with Crippen molar-refractivity contribution in [2.24, 2.45) is 0 Å². The standard InChI is InChI=1S/C14H18FNO/c1-9-13(6-7-17-9)16-14-5-2-10-8-11(15)3-4-12(10)14/h3-4,8-9,13-14,16H,2,5-7H2,1H3. The number of nitrogens with one attached hydrogen (secondary N) is 1. The van der Waals surface area contributed by atoms with E-state index in [4.69, 9.17) is 4.74 Å². The summed E-state index contributed by atoms with van der Waals surface area (Å²) in [5.41, 5.74) is 2.43. The number of fused-ring (bicyclic) bond motifs is 1. The van der Waals surface area contributed by atoms with Crippen molar-refractivity contribution in [3.05, 3.63) is 35.1 Å². The molecule has 3 unspecified atom stereocenters. The molecule has 2 aliphatic rings. The molecule has 1 aliphatic heterocycles. The van der Waals surface area contributed by atoms with Gasteiger partial charge in [-0.1, -0.05) is 6.07 Å². The number of ether oxygens (including phenoxy) is 1. The van der Waals surface area contributed by atoms with Crippen LogP contribution in [0.1, 0.15) is 36.9 Å². The largest absolute Gasteiger partial charge is 0.377 e. The molecule has 1 heterocycles. The highest BCUT2D eigenvalue weighted by atomic mass is 19.1. The van der Waals surface area contributed by atoms with Crippen molar-refractivity contribution in [1.29, 1.82) is 0 Å². The summed E-state index contributed by atoms with van der Waals surface area (Å²) in [6.07, 6.45) is 3.42. The third-order valence-electron chi connectivity index (χ3n) is 3.97. The normalized spacial score (nSPS) is 31.8. The van der Waals surface area contributed by atoms with Gasteiger partial charge in [0, 0.05) is 18.7 Å². The third-order valence-corrected chi connectivity index (χ3v) is 3.97. The van der Waals surface area contributed by atoms with Crippen LogP contribution in [0.4, 0.5) is 4.39 Å². The van der Waals surface area contributed by atoms with Crippen molar-refractivity contribution in [3.63, 3.8) is 0 Å². The van der Waals surface area contributed by atoms with Crippen molar-refractivity contribution < 1.29 is 9.13 Å². The zero-order chi connectivity index (χ0) is 11.8. The summed E-state index contributed by atoms with van der Waals surface area (Å²) in [7, 11) is 0. The molecule has 1 aliphatic carbocycles. The molecule has 0 bridgehead atoms. The van der Waals surface area contributed by atoms with E-state index < -0.39 is 0 Å². The molecule has 0 aromatic heterocycles. The van der Waals surface area contributed by atoms with Gasteiger partial charge in [-0.25, -0.2) is 4.39 Å². The zero-order valence-corrected chi connectivity index (χ0v) is 10.1. The van der Waals surface area contributed by atoms with Crippen molar-refractivity contribution >= 4 is 0 Å². The lowest BCUT2D eigenvalue weighted by Crippen LogP contribution is -2.36. The van der Waals surface area contributed by atoms with Gasteiger partial charge >= 0.3 is 0 Å². The van der Waals surface area contributed by atoms with Gasteiger partial charge < -0.3 is 10.1 Å². The van der Waals surface area contributed by atoms with Crippen LogP contribution in [-0.4, -0.2) is 18.8 Å². The Morgan fingerprint density at radius 2 is 2.24 bits per heavy atom. The first-order chi connectivity index (χ1) is 8.24. The molecule has 92 valence electrons. The molecule has 3 atom stereocenters.